The lowest BCUT2D eigenvalue weighted by Gasteiger charge is -2.14. The molecule has 1 heterocycles. The van der Waals surface area contributed by atoms with Crippen molar-refractivity contribution in [3.05, 3.63) is 18.0 Å². The van der Waals surface area contributed by atoms with Crippen LogP contribution in [0.2, 0.25) is 0 Å². The first-order valence-electron chi connectivity index (χ1n) is 4.14. The Bertz CT molecular complexity index is 242. The van der Waals surface area contributed by atoms with Crippen molar-refractivity contribution in [2.75, 3.05) is 0 Å². The zero-order valence-corrected chi connectivity index (χ0v) is 10.2. The van der Waals surface area contributed by atoms with Crippen LogP contribution in [-0.4, -0.2) is 22.3 Å². The molecule has 0 unspecified atom stereocenters. The highest BCUT2D eigenvalue weighted by Crippen LogP contribution is 2.02. The van der Waals surface area contributed by atoms with Crippen LogP contribution >= 0.6 is 15.9 Å². The Morgan fingerprint density at radius 2 is 2.29 bits per heavy atom. The van der Waals surface area contributed by atoms with Gasteiger partial charge in [0, 0.05) is 17.1 Å². The summed E-state index contributed by atoms with van der Waals surface area (Å²) in [7, 11) is 0. The number of alkyl halides is 1. The molecule has 0 saturated carbocycles. The molecular weight excluding hydrogens is 248 g/mol. The molecule has 0 aromatic carbocycles. The molecule has 0 saturated heterocycles. The van der Waals surface area contributed by atoms with Crippen LogP contribution in [-0.2, 0) is 14.9 Å². The van der Waals surface area contributed by atoms with Gasteiger partial charge in [-0.05, 0) is 20.8 Å². The lowest BCUT2D eigenvalue weighted by Crippen LogP contribution is -2.17. The molecular formula is C9H15BrN2O2. The first-order chi connectivity index (χ1) is 6.49. The molecule has 5 heteroatoms. The van der Waals surface area contributed by atoms with Crippen molar-refractivity contribution < 1.29 is 9.53 Å². The van der Waals surface area contributed by atoms with Gasteiger partial charge in [-0.15, -0.1) is 0 Å². The van der Waals surface area contributed by atoms with Crippen molar-refractivity contribution in [2.45, 2.75) is 31.7 Å². The van der Waals surface area contributed by atoms with Crippen molar-refractivity contribution in [3.63, 3.8) is 0 Å². The van der Waals surface area contributed by atoms with Gasteiger partial charge in [0.2, 0.25) is 0 Å². The Kier molecular flexibility index (Phi) is 6.19. The third kappa shape index (κ3) is 7.79. The van der Waals surface area contributed by atoms with E-state index in [0.717, 1.165) is 5.33 Å². The summed E-state index contributed by atoms with van der Waals surface area (Å²) in [5.74, 6) is 0. The smallest absolute Gasteiger partial charge is 0.293 e. The number of hydrogen-bond donors (Lipinski definition) is 1. The molecule has 80 valence electrons. The molecule has 0 atom stereocenters. The first kappa shape index (κ1) is 13.2. The minimum absolute atomic E-state index is 0.318. The van der Waals surface area contributed by atoms with E-state index >= 15 is 0 Å². The van der Waals surface area contributed by atoms with Gasteiger partial charge in [-0.25, -0.2) is 0 Å². The molecule has 1 aromatic heterocycles. The van der Waals surface area contributed by atoms with E-state index in [1.54, 1.807) is 6.20 Å². The van der Waals surface area contributed by atoms with E-state index in [4.69, 9.17) is 0 Å². The van der Waals surface area contributed by atoms with E-state index in [1.807, 2.05) is 27.0 Å². The molecule has 0 radical (unpaired) electrons. The summed E-state index contributed by atoms with van der Waals surface area (Å²) in [5, 5.41) is 7.32. The van der Waals surface area contributed by atoms with Gasteiger partial charge in [0.25, 0.3) is 6.47 Å². The lowest BCUT2D eigenvalue weighted by molar-refractivity contribution is -0.138. The summed E-state index contributed by atoms with van der Waals surface area (Å²) >= 11 is 3.28. The lowest BCUT2D eigenvalue weighted by atomic mass is 10.2. The van der Waals surface area contributed by atoms with Gasteiger partial charge in [0.15, 0.2) is 0 Å². The second-order valence-electron chi connectivity index (χ2n) is 3.57. The summed E-state index contributed by atoms with van der Waals surface area (Å²) in [4.78, 5) is 9.60. The summed E-state index contributed by atoms with van der Waals surface area (Å²) in [6.45, 7) is 5.92. The number of aromatic nitrogens is 2. The molecule has 0 aliphatic rings. The Labute approximate surface area is 92.2 Å². The average Bonchev–Trinajstić information content (AvgIpc) is 2.54. The fourth-order valence-electron chi connectivity index (χ4n) is 0.495. The number of halogens is 1. The van der Waals surface area contributed by atoms with Gasteiger partial charge < -0.3 is 4.74 Å². The molecule has 0 aliphatic heterocycles. The summed E-state index contributed by atoms with van der Waals surface area (Å²) < 4.78 is 4.55. The molecule has 1 aromatic rings. The zero-order valence-electron chi connectivity index (χ0n) is 8.58. The van der Waals surface area contributed by atoms with E-state index in [0.29, 0.717) is 6.47 Å². The number of aromatic amines is 1. The fourth-order valence-corrected chi connectivity index (χ4v) is 0.802. The van der Waals surface area contributed by atoms with Crippen molar-refractivity contribution in [2.24, 2.45) is 0 Å². The SMILES string of the molecule is BrCc1cn[nH]c1.CC(C)(C)OC=O. The monoisotopic (exact) mass is 262 g/mol. The molecule has 4 nitrogen and oxygen atoms in total. The molecule has 14 heavy (non-hydrogen) atoms. The van der Waals surface area contributed by atoms with Crippen molar-refractivity contribution >= 4 is 22.4 Å². The number of H-pyrrole nitrogens is 1. The second-order valence-corrected chi connectivity index (χ2v) is 4.13. The highest BCUT2D eigenvalue weighted by Gasteiger charge is 2.07. The average molecular weight is 263 g/mol. The van der Waals surface area contributed by atoms with Crippen molar-refractivity contribution in [1.29, 1.82) is 0 Å². The van der Waals surface area contributed by atoms with E-state index in [1.165, 1.54) is 5.56 Å². The molecule has 0 spiro atoms. The predicted octanol–water partition coefficient (Wildman–Crippen LogP) is 2.26. The van der Waals surface area contributed by atoms with Crippen LogP contribution < -0.4 is 0 Å². The largest absolute Gasteiger partial charge is 0.462 e. The van der Waals surface area contributed by atoms with Crippen LogP contribution in [0.5, 0.6) is 0 Å². The number of nitrogens with zero attached hydrogens (tertiary/aromatic N) is 1. The Balaban J connectivity index is 0.000000241. The standard InChI is InChI=1S/C5H10O2.C4H5BrN2/c1-5(2,3)7-4-6;5-1-4-2-6-7-3-4/h4H,1-3H3;2-3H,1H2,(H,6,7). The predicted molar refractivity (Wildman–Crippen MR) is 58.1 cm³/mol. The maximum Gasteiger partial charge on any atom is 0.293 e. The number of ether oxygens (including phenoxy) is 1. The molecule has 0 fully saturated rings. The first-order valence-corrected chi connectivity index (χ1v) is 5.27. The highest BCUT2D eigenvalue weighted by atomic mass is 79.9. The van der Waals surface area contributed by atoms with E-state index in [9.17, 15) is 4.79 Å². The maximum atomic E-state index is 9.60. The molecule has 1 rings (SSSR count). The van der Waals surface area contributed by atoms with Crippen molar-refractivity contribution in [3.8, 4) is 0 Å². The third-order valence-corrected chi connectivity index (χ3v) is 1.76. The number of carbonyl (C=O) groups excluding carboxylic acids is 1. The van der Waals surface area contributed by atoms with Crippen LogP contribution in [0.3, 0.4) is 0 Å². The normalized spacial score (nSPS) is 10.0. The van der Waals surface area contributed by atoms with Gasteiger partial charge in [0.1, 0.15) is 5.60 Å². The second kappa shape index (κ2) is 6.59. The summed E-state index contributed by atoms with van der Waals surface area (Å²) in [6, 6.07) is 0. The van der Waals surface area contributed by atoms with Crippen molar-refractivity contribution in [1.82, 2.24) is 10.2 Å². The Morgan fingerprint density at radius 1 is 1.64 bits per heavy atom. The maximum absolute atomic E-state index is 9.60. The quantitative estimate of drug-likeness (QED) is 0.657. The van der Waals surface area contributed by atoms with Crippen LogP contribution in [0.4, 0.5) is 0 Å². The Hall–Kier alpha value is -0.840. The van der Waals surface area contributed by atoms with E-state index in [-0.39, 0.29) is 5.60 Å². The van der Waals surface area contributed by atoms with Gasteiger partial charge in [-0.1, -0.05) is 15.9 Å². The number of nitrogens with one attached hydrogen (secondary N) is 1. The summed E-state index contributed by atoms with van der Waals surface area (Å²) in [6.07, 6.45) is 3.64. The van der Waals surface area contributed by atoms with Crippen LogP contribution in [0, 0.1) is 0 Å². The van der Waals surface area contributed by atoms with Gasteiger partial charge in [-0.2, -0.15) is 5.10 Å². The van der Waals surface area contributed by atoms with E-state index in [2.05, 4.69) is 30.9 Å². The molecule has 1 N–H and O–H groups in total. The van der Waals surface area contributed by atoms with E-state index < -0.39 is 0 Å². The van der Waals surface area contributed by atoms with Gasteiger partial charge in [0.05, 0.1) is 6.20 Å². The number of hydrogen-bond acceptors (Lipinski definition) is 3. The number of carbonyl (C=O) groups is 1. The molecule has 0 bridgehead atoms. The van der Waals surface area contributed by atoms with Crippen LogP contribution in [0.15, 0.2) is 12.4 Å². The van der Waals surface area contributed by atoms with Gasteiger partial charge in [-0.3, -0.25) is 9.89 Å². The minimum atomic E-state index is -0.318. The molecule has 0 amide bonds. The van der Waals surface area contributed by atoms with Gasteiger partial charge >= 0.3 is 0 Å². The molecule has 0 aliphatic carbocycles. The topological polar surface area (TPSA) is 55.0 Å². The van der Waals surface area contributed by atoms with Crippen LogP contribution in [0.1, 0.15) is 26.3 Å². The zero-order chi connectivity index (χ0) is 11.0. The fraction of sp³-hybridized carbons (Fsp3) is 0.556. The number of rotatable bonds is 2. The third-order valence-electron chi connectivity index (χ3n) is 1.11. The summed E-state index contributed by atoms with van der Waals surface area (Å²) in [5.41, 5.74) is 0.863. The minimum Gasteiger partial charge on any atom is -0.462 e. The highest BCUT2D eigenvalue weighted by molar-refractivity contribution is 9.08. The Morgan fingerprint density at radius 3 is 2.43 bits per heavy atom. The van der Waals surface area contributed by atoms with Crippen LogP contribution in [0.25, 0.3) is 0 Å².